The third kappa shape index (κ3) is 14.4. The second-order valence-electron chi connectivity index (χ2n) is 8.67. The number of unbranched alkanes of at least 4 members (excludes halogenated alkanes) is 2. The largest absolute Gasteiger partial charge is 1.00 e. The van der Waals surface area contributed by atoms with Crippen molar-refractivity contribution in [1.82, 2.24) is 0 Å². The average Bonchev–Trinajstić information content (AvgIpc) is 2.76. The summed E-state index contributed by atoms with van der Waals surface area (Å²) in [5, 5.41) is 0. The monoisotopic (exact) mass is 492 g/mol. The summed E-state index contributed by atoms with van der Waals surface area (Å²) in [7, 11) is -4.15. The van der Waals surface area contributed by atoms with Crippen LogP contribution in [0.2, 0.25) is 0 Å². The molecule has 6 nitrogen and oxygen atoms in total. The van der Waals surface area contributed by atoms with Crippen LogP contribution in [0.15, 0.2) is 24.3 Å². The van der Waals surface area contributed by atoms with E-state index in [0.717, 1.165) is 37.7 Å². The smallest absolute Gasteiger partial charge is 0.748 e. The molecule has 8 heteroatoms. The van der Waals surface area contributed by atoms with E-state index in [2.05, 4.69) is 20.8 Å². The third-order valence-electron chi connectivity index (χ3n) is 5.98. The first-order chi connectivity index (χ1) is 15.2. The summed E-state index contributed by atoms with van der Waals surface area (Å²) in [6, 6.07) is 7.76. The zero-order valence-corrected chi connectivity index (χ0v) is 24.0. The quantitative estimate of drug-likeness (QED) is 0.144. The van der Waals surface area contributed by atoms with Crippen molar-refractivity contribution in [3.8, 4) is 5.75 Å². The van der Waals surface area contributed by atoms with Crippen LogP contribution in [0.5, 0.6) is 5.75 Å². The minimum absolute atomic E-state index is 0. The zero-order chi connectivity index (χ0) is 24.0. The summed E-state index contributed by atoms with van der Waals surface area (Å²) in [5.74, 6) is 0.814. The molecule has 0 aliphatic carbocycles. The Morgan fingerprint density at radius 3 is 2.24 bits per heavy atom. The molecule has 1 aromatic rings. The molecule has 3 unspecified atom stereocenters. The van der Waals surface area contributed by atoms with Crippen LogP contribution >= 0.6 is 0 Å². The average molecular weight is 493 g/mol. The van der Waals surface area contributed by atoms with Gasteiger partial charge in [-0.1, -0.05) is 59.1 Å². The summed E-state index contributed by atoms with van der Waals surface area (Å²) in [6.45, 7) is 9.36. The van der Waals surface area contributed by atoms with Gasteiger partial charge in [0.25, 0.3) is 0 Å². The van der Waals surface area contributed by atoms with Crippen molar-refractivity contribution in [3.05, 3.63) is 29.8 Å². The minimum Gasteiger partial charge on any atom is -0.748 e. The first-order valence-corrected chi connectivity index (χ1v) is 13.6. The molecule has 0 aliphatic rings. The van der Waals surface area contributed by atoms with Crippen LogP contribution in [0.4, 0.5) is 0 Å². The Kier molecular flexibility index (Phi) is 17.5. The molecular weight excluding hydrogens is 451 g/mol. The maximum atomic E-state index is 12.6. The summed E-state index contributed by atoms with van der Waals surface area (Å²) < 4.78 is 43.1. The maximum Gasteiger partial charge on any atom is 1.00 e. The van der Waals surface area contributed by atoms with Gasteiger partial charge in [-0.05, 0) is 61.6 Å². The molecule has 0 aromatic heterocycles. The van der Waals surface area contributed by atoms with Gasteiger partial charge in [0.05, 0.1) is 29.2 Å². The minimum atomic E-state index is -4.15. The zero-order valence-electron chi connectivity index (χ0n) is 21.2. The van der Waals surface area contributed by atoms with Gasteiger partial charge in [0, 0.05) is 5.75 Å². The Hall–Kier alpha value is -0.600. The van der Waals surface area contributed by atoms with Crippen LogP contribution in [0.25, 0.3) is 0 Å². The number of rotatable bonds is 17. The number of benzene rings is 1. The van der Waals surface area contributed by atoms with Crippen molar-refractivity contribution in [2.24, 2.45) is 11.8 Å². The number of esters is 1. The van der Waals surface area contributed by atoms with E-state index in [1.54, 1.807) is 0 Å². The van der Waals surface area contributed by atoms with Gasteiger partial charge in [-0.25, -0.2) is 8.42 Å². The normalized spacial score (nSPS) is 14.1. The van der Waals surface area contributed by atoms with Crippen molar-refractivity contribution in [3.63, 3.8) is 0 Å². The Balaban J connectivity index is 0.0000102. The van der Waals surface area contributed by atoms with Crippen molar-refractivity contribution in [2.75, 3.05) is 19.0 Å². The molecule has 1 rings (SSSR count). The molecule has 184 valence electrons. The number of carbonyl (C=O) groups is 1. The Morgan fingerprint density at radius 1 is 1.03 bits per heavy atom. The third-order valence-corrected chi connectivity index (χ3v) is 6.76. The van der Waals surface area contributed by atoms with Gasteiger partial charge in [-0.15, -0.1) is 0 Å². The molecule has 0 saturated carbocycles. The number of hydrogen-bond acceptors (Lipinski definition) is 6. The van der Waals surface area contributed by atoms with Crippen LogP contribution in [-0.4, -0.2) is 37.9 Å². The van der Waals surface area contributed by atoms with Crippen LogP contribution in [0, 0.1) is 11.8 Å². The molecule has 0 bridgehead atoms. The molecule has 0 saturated heterocycles. The van der Waals surface area contributed by atoms with Gasteiger partial charge < -0.3 is 14.0 Å². The van der Waals surface area contributed by atoms with E-state index in [1.807, 2.05) is 31.2 Å². The second kappa shape index (κ2) is 17.8. The second-order valence-corrected chi connectivity index (χ2v) is 10.2. The fourth-order valence-corrected chi connectivity index (χ4v) is 4.23. The summed E-state index contributed by atoms with van der Waals surface area (Å²) >= 11 is 0. The van der Waals surface area contributed by atoms with Gasteiger partial charge >= 0.3 is 35.5 Å². The molecule has 0 radical (unpaired) electrons. The van der Waals surface area contributed by atoms with Crippen molar-refractivity contribution in [1.29, 1.82) is 0 Å². The Bertz CT molecular complexity index is 751. The molecule has 33 heavy (non-hydrogen) atoms. The van der Waals surface area contributed by atoms with Gasteiger partial charge in [0.1, 0.15) is 5.75 Å². The summed E-state index contributed by atoms with van der Waals surface area (Å²) in [5.41, 5.74) is 1.13. The standard InChI is InChI=1S/C25H42O6S.Na/c1-5-8-11-21(6-2)19-31-25(26)22(7-3)18-20(4)23-12-14-24(15-13-23)30-16-9-10-17-32(27,28)29;/h12-15,20-22H,5-11,16-19H2,1-4H3,(H,27,28,29);/q;+1/p-1. The predicted molar refractivity (Wildman–Crippen MR) is 127 cm³/mol. The molecule has 0 amide bonds. The first kappa shape index (κ1) is 32.4. The van der Waals surface area contributed by atoms with Crippen molar-refractivity contribution >= 4 is 16.1 Å². The molecule has 0 spiro atoms. The van der Waals surface area contributed by atoms with Crippen molar-refractivity contribution in [2.45, 2.75) is 85.0 Å². The van der Waals surface area contributed by atoms with Crippen molar-refractivity contribution < 1.29 is 56.8 Å². The van der Waals surface area contributed by atoms with Gasteiger partial charge in [0.2, 0.25) is 0 Å². The Morgan fingerprint density at radius 2 is 1.70 bits per heavy atom. The first-order valence-electron chi connectivity index (χ1n) is 12.0. The van der Waals surface area contributed by atoms with E-state index >= 15 is 0 Å². The van der Waals surface area contributed by atoms with E-state index in [-0.39, 0.29) is 53.1 Å². The molecule has 0 aliphatic heterocycles. The maximum absolute atomic E-state index is 12.6. The molecule has 0 heterocycles. The molecule has 1 aromatic carbocycles. The van der Waals surface area contributed by atoms with E-state index in [4.69, 9.17) is 9.47 Å². The fourth-order valence-electron chi connectivity index (χ4n) is 3.67. The van der Waals surface area contributed by atoms with Crippen LogP contribution < -0.4 is 34.3 Å². The van der Waals surface area contributed by atoms with E-state index in [0.29, 0.717) is 37.7 Å². The number of hydrogen-bond donors (Lipinski definition) is 0. The molecule has 3 atom stereocenters. The number of ether oxygens (including phenoxy) is 2. The fraction of sp³-hybridized carbons (Fsp3) is 0.720. The van der Waals surface area contributed by atoms with Gasteiger partial charge in [0.15, 0.2) is 0 Å². The predicted octanol–water partition coefficient (Wildman–Crippen LogP) is 2.67. The molecule has 0 fully saturated rings. The Labute approximate surface area is 223 Å². The van der Waals surface area contributed by atoms with Crippen LogP contribution in [0.3, 0.4) is 0 Å². The summed E-state index contributed by atoms with van der Waals surface area (Å²) in [4.78, 5) is 12.6. The molecule has 0 N–H and O–H groups in total. The molecular formula is C25H41NaO6S. The van der Waals surface area contributed by atoms with Crippen LogP contribution in [-0.2, 0) is 19.6 Å². The van der Waals surface area contributed by atoms with E-state index < -0.39 is 10.1 Å². The SMILES string of the molecule is CCCCC(CC)COC(=O)C(CC)CC(C)c1ccc(OCCCCS(=O)(=O)[O-])cc1.[Na+]. The summed E-state index contributed by atoms with van der Waals surface area (Å²) in [6.07, 6.45) is 6.79. The van der Waals surface area contributed by atoms with E-state index in [1.165, 1.54) is 6.42 Å². The topological polar surface area (TPSA) is 92.7 Å². The number of carbonyl (C=O) groups excluding carboxylic acids is 1. The van der Waals surface area contributed by atoms with Gasteiger partial charge in [-0.3, -0.25) is 4.79 Å². The van der Waals surface area contributed by atoms with Gasteiger partial charge in [-0.2, -0.15) is 0 Å². The van der Waals surface area contributed by atoms with Crippen LogP contribution in [0.1, 0.15) is 90.5 Å². The van der Waals surface area contributed by atoms with E-state index in [9.17, 15) is 17.8 Å².